The highest BCUT2D eigenvalue weighted by Crippen LogP contribution is 2.55. The maximum Gasteiger partial charge on any atom is 0.256 e. The quantitative estimate of drug-likeness (QED) is 0.899. The fourth-order valence-corrected chi connectivity index (χ4v) is 4.40. The molecule has 5 rings (SSSR count). The van der Waals surface area contributed by atoms with Crippen LogP contribution in [0.4, 0.5) is 5.69 Å². The lowest BCUT2D eigenvalue weighted by Crippen LogP contribution is -2.37. The van der Waals surface area contributed by atoms with Crippen molar-refractivity contribution in [1.29, 1.82) is 0 Å². The number of hydrogen-bond acceptors (Lipinski definition) is 4. The molecule has 2 heterocycles. The number of anilines is 1. The van der Waals surface area contributed by atoms with Gasteiger partial charge in [0.2, 0.25) is 0 Å². The van der Waals surface area contributed by atoms with Crippen LogP contribution in [-0.2, 0) is 6.61 Å². The minimum absolute atomic E-state index is 0.108. The SMILES string of the molecule is COc1cc2c(cc1OCc1ccccc1)NC[C@@H]1CC3(CC3)CN1C2=O. The van der Waals surface area contributed by atoms with Gasteiger partial charge in [-0.1, -0.05) is 30.3 Å². The third-order valence-electron chi connectivity index (χ3n) is 6.13. The topological polar surface area (TPSA) is 50.8 Å². The Morgan fingerprint density at radius 3 is 2.74 bits per heavy atom. The smallest absolute Gasteiger partial charge is 0.256 e. The maximum absolute atomic E-state index is 13.2. The first kappa shape index (κ1) is 16.5. The summed E-state index contributed by atoms with van der Waals surface area (Å²) in [7, 11) is 1.61. The monoisotopic (exact) mass is 364 g/mol. The Labute approximate surface area is 159 Å². The van der Waals surface area contributed by atoms with Crippen molar-refractivity contribution in [2.75, 3.05) is 25.5 Å². The van der Waals surface area contributed by atoms with E-state index >= 15 is 0 Å². The van der Waals surface area contributed by atoms with E-state index in [-0.39, 0.29) is 11.9 Å². The normalized spacial score (nSPS) is 21.9. The molecule has 1 N–H and O–H groups in total. The number of hydrogen-bond donors (Lipinski definition) is 1. The number of benzene rings is 2. The van der Waals surface area contributed by atoms with Crippen molar-refractivity contribution in [3.63, 3.8) is 0 Å². The first-order valence-corrected chi connectivity index (χ1v) is 9.61. The third kappa shape index (κ3) is 2.91. The van der Waals surface area contributed by atoms with E-state index in [0.29, 0.717) is 29.1 Å². The van der Waals surface area contributed by atoms with E-state index in [9.17, 15) is 4.79 Å². The van der Waals surface area contributed by atoms with Gasteiger partial charge in [-0.2, -0.15) is 0 Å². The van der Waals surface area contributed by atoms with Crippen molar-refractivity contribution in [1.82, 2.24) is 4.90 Å². The van der Waals surface area contributed by atoms with Crippen LogP contribution in [0.3, 0.4) is 0 Å². The summed E-state index contributed by atoms with van der Waals surface area (Å²) in [5.74, 6) is 1.36. The fraction of sp³-hybridized carbons (Fsp3) is 0.409. The number of carbonyl (C=O) groups excluding carboxylic acids is 1. The molecule has 5 heteroatoms. The van der Waals surface area contributed by atoms with Gasteiger partial charge in [0.1, 0.15) is 6.61 Å². The Hall–Kier alpha value is -2.69. The summed E-state index contributed by atoms with van der Waals surface area (Å²) in [5, 5.41) is 3.48. The van der Waals surface area contributed by atoms with Crippen LogP contribution >= 0.6 is 0 Å². The summed E-state index contributed by atoms with van der Waals surface area (Å²) in [6.07, 6.45) is 3.64. The highest BCUT2D eigenvalue weighted by Gasteiger charge is 2.53. The molecule has 0 bridgehead atoms. The summed E-state index contributed by atoms with van der Waals surface area (Å²) in [4.78, 5) is 15.2. The summed E-state index contributed by atoms with van der Waals surface area (Å²) in [6.45, 7) is 2.15. The molecule has 0 unspecified atom stereocenters. The van der Waals surface area contributed by atoms with Crippen molar-refractivity contribution >= 4 is 11.6 Å². The molecule has 1 saturated carbocycles. The number of methoxy groups -OCH3 is 1. The van der Waals surface area contributed by atoms with Crippen LogP contribution in [0.15, 0.2) is 42.5 Å². The molecule has 1 amide bonds. The molecule has 1 spiro atoms. The average Bonchev–Trinajstić information content (AvgIpc) is 3.38. The molecule has 0 radical (unpaired) electrons. The minimum Gasteiger partial charge on any atom is -0.493 e. The van der Waals surface area contributed by atoms with Gasteiger partial charge in [-0.15, -0.1) is 0 Å². The largest absolute Gasteiger partial charge is 0.493 e. The van der Waals surface area contributed by atoms with E-state index in [0.717, 1.165) is 30.8 Å². The van der Waals surface area contributed by atoms with Gasteiger partial charge in [-0.05, 0) is 36.3 Å². The number of nitrogens with zero attached hydrogens (tertiary/aromatic N) is 1. The Morgan fingerprint density at radius 2 is 2.00 bits per heavy atom. The molecule has 0 aromatic heterocycles. The molecule has 140 valence electrons. The molecule has 5 nitrogen and oxygen atoms in total. The van der Waals surface area contributed by atoms with Crippen LogP contribution in [0, 0.1) is 5.41 Å². The molecular formula is C22H24N2O3. The van der Waals surface area contributed by atoms with Crippen LogP contribution < -0.4 is 14.8 Å². The Morgan fingerprint density at radius 1 is 1.19 bits per heavy atom. The Balaban J connectivity index is 1.42. The summed E-state index contributed by atoms with van der Waals surface area (Å²) in [5.41, 5.74) is 3.01. The molecule has 2 aliphatic heterocycles. The molecule has 27 heavy (non-hydrogen) atoms. The highest BCUT2D eigenvalue weighted by atomic mass is 16.5. The number of rotatable bonds is 4. The van der Waals surface area contributed by atoms with Crippen molar-refractivity contribution in [2.45, 2.75) is 31.9 Å². The summed E-state index contributed by atoms with van der Waals surface area (Å²) < 4.78 is 11.5. The van der Waals surface area contributed by atoms with E-state index in [2.05, 4.69) is 10.2 Å². The van der Waals surface area contributed by atoms with Crippen molar-refractivity contribution in [2.24, 2.45) is 5.41 Å². The van der Waals surface area contributed by atoms with Crippen LogP contribution in [-0.4, -0.2) is 37.0 Å². The zero-order chi connectivity index (χ0) is 18.4. The van der Waals surface area contributed by atoms with Gasteiger partial charge in [0, 0.05) is 25.2 Å². The average molecular weight is 364 g/mol. The van der Waals surface area contributed by atoms with Crippen LogP contribution in [0.2, 0.25) is 0 Å². The second-order valence-corrected chi connectivity index (χ2v) is 7.99. The molecular weight excluding hydrogens is 340 g/mol. The van der Waals surface area contributed by atoms with Gasteiger partial charge in [0.25, 0.3) is 5.91 Å². The van der Waals surface area contributed by atoms with E-state index in [1.165, 1.54) is 12.8 Å². The van der Waals surface area contributed by atoms with Crippen LogP contribution in [0.5, 0.6) is 11.5 Å². The van der Waals surface area contributed by atoms with Gasteiger partial charge in [-0.3, -0.25) is 4.79 Å². The van der Waals surface area contributed by atoms with E-state index in [1.54, 1.807) is 7.11 Å². The highest BCUT2D eigenvalue weighted by molar-refractivity contribution is 6.01. The lowest BCUT2D eigenvalue weighted by molar-refractivity contribution is 0.0744. The van der Waals surface area contributed by atoms with Gasteiger partial charge >= 0.3 is 0 Å². The van der Waals surface area contributed by atoms with E-state index in [1.807, 2.05) is 42.5 Å². The Kier molecular flexibility index (Phi) is 3.78. The van der Waals surface area contributed by atoms with Crippen LogP contribution in [0.25, 0.3) is 0 Å². The first-order valence-electron chi connectivity index (χ1n) is 9.61. The second-order valence-electron chi connectivity index (χ2n) is 7.99. The van der Waals surface area contributed by atoms with E-state index < -0.39 is 0 Å². The van der Waals surface area contributed by atoms with Gasteiger partial charge < -0.3 is 19.7 Å². The predicted molar refractivity (Wildman–Crippen MR) is 103 cm³/mol. The summed E-state index contributed by atoms with van der Waals surface area (Å²) >= 11 is 0. The number of ether oxygens (including phenoxy) is 2. The van der Waals surface area contributed by atoms with Crippen molar-refractivity contribution < 1.29 is 14.3 Å². The molecule has 1 atom stereocenters. The zero-order valence-electron chi connectivity index (χ0n) is 15.5. The summed E-state index contributed by atoms with van der Waals surface area (Å²) in [6, 6.07) is 14.0. The van der Waals surface area contributed by atoms with E-state index in [4.69, 9.17) is 9.47 Å². The number of amides is 1. The Bertz CT molecular complexity index is 877. The van der Waals surface area contributed by atoms with Crippen molar-refractivity contribution in [3.05, 3.63) is 53.6 Å². The lowest BCUT2D eigenvalue weighted by atomic mass is 10.0. The molecule has 3 aliphatic rings. The molecule has 1 aliphatic carbocycles. The lowest BCUT2D eigenvalue weighted by Gasteiger charge is -2.21. The number of nitrogens with one attached hydrogen (secondary N) is 1. The first-order chi connectivity index (χ1) is 13.2. The minimum atomic E-state index is 0.108. The third-order valence-corrected chi connectivity index (χ3v) is 6.13. The maximum atomic E-state index is 13.2. The molecule has 1 saturated heterocycles. The zero-order valence-corrected chi connectivity index (χ0v) is 15.5. The number of carbonyl (C=O) groups is 1. The fourth-order valence-electron chi connectivity index (χ4n) is 4.40. The standard InChI is InChI=1S/C22H24N2O3/c1-26-19-9-17-18(10-20(19)27-13-15-5-3-2-4-6-15)23-12-16-11-22(7-8-22)14-24(16)21(17)25/h2-6,9-10,16,23H,7-8,11-14H2,1H3/t16-/m0/s1. The van der Waals surface area contributed by atoms with Gasteiger partial charge in [-0.25, -0.2) is 0 Å². The molecule has 2 fully saturated rings. The molecule has 2 aromatic rings. The number of fused-ring (bicyclic) bond motifs is 2. The molecule has 2 aromatic carbocycles. The predicted octanol–water partition coefficient (Wildman–Crippen LogP) is 3.69. The van der Waals surface area contributed by atoms with Gasteiger partial charge in [0.15, 0.2) is 11.5 Å². The van der Waals surface area contributed by atoms with Crippen LogP contribution in [0.1, 0.15) is 35.2 Å². The van der Waals surface area contributed by atoms with Gasteiger partial charge in [0.05, 0.1) is 18.4 Å². The second kappa shape index (κ2) is 6.19. The van der Waals surface area contributed by atoms with Crippen molar-refractivity contribution in [3.8, 4) is 11.5 Å².